The topological polar surface area (TPSA) is 58.8 Å². The number of methoxy groups -OCH3 is 1. The van der Waals surface area contributed by atoms with Crippen LogP contribution in [0.1, 0.15) is 16.8 Å². The Labute approximate surface area is 120 Å². The molecule has 2 N–H and O–H groups in total. The third kappa shape index (κ3) is 3.71. The lowest BCUT2D eigenvalue weighted by Crippen LogP contribution is -2.49. The van der Waals surface area contributed by atoms with Crippen molar-refractivity contribution in [1.82, 2.24) is 9.80 Å². The second-order valence-electron chi connectivity index (χ2n) is 5.01. The zero-order valence-electron chi connectivity index (χ0n) is 12.0. The Hall–Kier alpha value is -1.59. The molecule has 1 aromatic carbocycles. The summed E-state index contributed by atoms with van der Waals surface area (Å²) in [5.41, 5.74) is 6.22. The second-order valence-corrected chi connectivity index (χ2v) is 5.01. The highest BCUT2D eigenvalue weighted by Gasteiger charge is 2.21. The zero-order chi connectivity index (χ0) is 14.4. The van der Waals surface area contributed by atoms with E-state index in [2.05, 4.69) is 4.90 Å². The van der Waals surface area contributed by atoms with Gasteiger partial charge in [0.25, 0.3) is 5.91 Å². The lowest BCUT2D eigenvalue weighted by molar-refractivity contribution is 0.0636. The van der Waals surface area contributed by atoms with Gasteiger partial charge in [0.2, 0.25) is 0 Å². The number of hydrogen-bond donors (Lipinski definition) is 1. The van der Waals surface area contributed by atoms with Crippen molar-refractivity contribution >= 4 is 5.91 Å². The second kappa shape index (κ2) is 7.26. The van der Waals surface area contributed by atoms with Crippen molar-refractivity contribution < 1.29 is 9.53 Å². The van der Waals surface area contributed by atoms with E-state index in [1.807, 2.05) is 23.1 Å². The third-order valence-corrected chi connectivity index (χ3v) is 3.65. The minimum Gasteiger partial charge on any atom is -0.497 e. The number of rotatable bonds is 5. The molecule has 0 radical (unpaired) electrons. The molecule has 110 valence electrons. The fourth-order valence-electron chi connectivity index (χ4n) is 2.43. The summed E-state index contributed by atoms with van der Waals surface area (Å²) in [6, 6.07) is 7.33. The third-order valence-electron chi connectivity index (χ3n) is 3.65. The summed E-state index contributed by atoms with van der Waals surface area (Å²) in [7, 11) is 1.61. The van der Waals surface area contributed by atoms with Gasteiger partial charge in [0.05, 0.1) is 7.11 Å². The normalized spacial score (nSPS) is 16.2. The molecular formula is C15H23N3O2. The van der Waals surface area contributed by atoms with Crippen LogP contribution in [-0.4, -0.2) is 62.1 Å². The maximum absolute atomic E-state index is 12.4. The average molecular weight is 277 g/mol. The Balaban J connectivity index is 1.91. The van der Waals surface area contributed by atoms with Gasteiger partial charge in [0.1, 0.15) is 5.75 Å². The van der Waals surface area contributed by atoms with Crippen LogP contribution in [0.15, 0.2) is 24.3 Å². The molecule has 0 aromatic heterocycles. The van der Waals surface area contributed by atoms with Gasteiger partial charge in [-0.3, -0.25) is 9.69 Å². The van der Waals surface area contributed by atoms with E-state index in [-0.39, 0.29) is 5.91 Å². The minimum atomic E-state index is 0.0855. The summed E-state index contributed by atoms with van der Waals surface area (Å²) in [5.74, 6) is 0.805. The quantitative estimate of drug-likeness (QED) is 0.865. The van der Waals surface area contributed by atoms with Gasteiger partial charge in [-0.2, -0.15) is 0 Å². The van der Waals surface area contributed by atoms with Crippen molar-refractivity contribution in [3.8, 4) is 5.75 Å². The van der Waals surface area contributed by atoms with Gasteiger partial charge in [-0.25, -0.2) is 0 Å². The molecule has 2 rings (SSSR count). The highest BCUT2D eigenvalue weighted by molar-refractivity contribution is 5.94. The van der Waals surface area contributed by atoms with Crippen LogP contribution < -0.4 is 10.5 Å². The predicted octanol–water partition coefficient (Wildman–Crippen LogP) is 0.802. The summed E-state index contributed by atoms with van der Waals surface area (Å²) in [6.07, 6.45) is 1.02. The lowest BCUT2D eigenvalue weighted by Gasteiger charge is -2.34. The van der Waals surface area contributed by atoms with Gasteiger partial charge in [-0.05, 0) is 37.7 Å². The van der Waals surface area contributed by atoms with E-state index in [9.17, 15) is 4.79 Å². The number of amides is 1. The molecule has 1 amide bonds. The van der Waals surface area contributed by atoms with Crippen LogP contribution in [0.25, 0.3) is 0 Å². The van der Waals surface area contributed by atoms with Crippen molar-refractivity contribution in [2.45, 2.75) is 6.42 Å². The smallest absolute Gasteiger partial charge is 0.254 e. The van der Waals surface area contributed by atoms with Crippen LogP contribution in [-0.2, 0) is 0 Å². The number of piperazine rings is 1. The first-order valence-electron chi connectivity index (χ1n) is 7.10. The summed E-state index contributed by atoms with van der Waals surface area (Å²) in [4.78, 5) is 16.7. The van der Waals surface area contributed by atoms with E-state index in [1.165, 1.54) is 0 Å². The number of nitrogens with two attached hydrogens (primary N) is 1. The van der Waals surface area contributed by atoms with E-state index in [0.717, 1.165) is 51.4 Å². The summed E-state index contributed by atoms with van der Waals surface area (Å²) < 4.78 is 5.16. The molecule has 0 spiro atoms. The van der Waals surface area contributed by atoms with Gasteiger partial charge >= 0.3 is 0 Å². The Morgan fingerprint density at radius 1 is 1.30 bits per heavy atom. The first-order chi connectivity index (χ1) is 9.74. The fourth-order valence-corrected chi connectivity index (χ4v) is 2.43. The largest absolute Gasteiger partial charge is 0.497 e. The molecular weight excluding hydrogens is 254 g/mol. The SMILES string of the molecule is COc1cccc(C(=O)N2CCN(CCCN)CC2)c1. The highest BCUT2D eigenvalue weighted by Crippen LogP contribution is 2.15. The maximum Gasteiger partial charge on any atom is 0.254 e. The molecule has 0 saturated carbocycles. The Morgan fingerprint density at radius 3 is 2.70 bits per heavy atom. The molecule has 1 fully saturated rings. The summed E-state index contributed by atoms with van der Waals surface area (Å²) in [6.45, 7) is 5.16. The molecule has 1 aliphatic heterocycles. The van der Waals surface area contributed by atoms with Gasteiger partial charge < -0.3 is 15.4 Å². The van der Waals surface area contributed by atoms with Gasteiger partial charge in [-0.15, -0.1) is 0 Å². The number of nitrogens with zero attached hydrogens (tertiary/aromatic N) is 2. The van der Waals surface area contributed by atoms with E-state index >= 15 is 0 Å². The first-order valence-corrected chi connectivity index (χ1v) is 7.10. The number of carbonyl (C=O) groups is 1. The molecule has 5 heteroatoms. The van der Waals surface area contributed by atoms with E-state index < -0.39 is 0 Å². The average Bonchev–Trinajstić information content (AvgIpc) is 2.52. The van der Waals surface area contributed by atoms with Gasteiger partial charge in [-0.1, -0.05) is 6.07 Å². The molecule has 5 nitrogen and oxygen atoms in total. The zero-order valence-corrected chi connectivity index (χ0v) is 12.0. The molecule has 0 aliphatic carbocycles. The molecule has 1 saturated heterocycles. The Morgan fingerprint density at radius 2 is 2.05 bits per heavy atom. The van der Waals surface area contributed by atoms with Crippen molar-refractivity contribution in [1.29, 1.82) is 0 Å². The highest BCUT2D eigenvalue weighted by atomic mass is 16.5. The van der Waals surface area contributed by atoms with Crippen molar-refractivity contribution in [2.24, 2.45) is 5.73 Å². The van der Waals surface area contributed by atoms with Crippen LogP contribution in [0, 0.1) is 0 Å². The number of benzene rings is 1. The number of carbonyl (C=O) groups excluding carboxylic acids is 1. The van der Waals surface area contributed by atoms with Gasteiger partial charge in [0.15, 0.2) is 0 Å². The molecule has 1 heterocycles. The summed E-state index contributed by atoms with van der Waals surface area (Å²) >= 11 is 0. The number of ether oxygens (including phenoxy) is 1. The van der Waals surface area contributed by atoms with Crippen LogP contribution in [0.3, 0.4) is 0 Å². The van der Waals surface area contributed by atoms with Crippen LogP contribution in [0.4, 0.5) is 0 Å². The van der Waals surface area contributed by atoms with Crippen molar-refractivity contribution in [2.75, 3.05) is 46.4 Å². The van der Waals surface area contributed by atoms with Crippen LogP contribution in [0.2, 0.25) is 0 Å². The van der Waals surface area contributed by atoms with E-state index in [0.29, 0.717) is 5.56 Å². The molecule has 0 unspecified atom stereocenters. The Bertz CT molecular complexity index is 442. The molecule has 0 bridgehead atoms. The maximum atomic E-state index is 12.4. The monoisotopic (exact) mass is 277 g/mol. The standard InChI is InChI=1S/C15H23N3O2/c1-20-14-5-2-4-13(12-14)15(19)18-10-8-17(9-11-18)7-3-6-16/h2,4-5,12H,3,6-11,16H2,1H3. The molecule has 20 heavy (non-hydrogen) atoms. The fraction of sp³-hybridized carbons (Fsp3) is 0.533. The summed E-state index contributed by atoms with van der Waals surface area (Å²) in [5, 5.41) is 0. The van der Waals surface area contributed by atoms with Crippen LogP contribution in [0.5, 0.6) is 5.75 Å². The lowest BCUT2D eigenvalue weighted by atomic mass is 10.1. The molecule has 0 atom stereocenters. The van der Waals surface area contributed by atoms with Gasteiger partial charge in [0, 0.05) is 31.7 Å². The van der Waals surface area contributed by atoms with Crippen molar-refractivity contribution in [3.63, 3.8) is 0 Å². The van der Waals surface area contributed by atoms with Crippen LogP contribution >= 0.6 is 0 Å². The first kappa shape index (κ1) is 14.8. The number of hydrogen-bond acceptors (Lipinski definition) is 4. The molecule has 1 aliphatic rings. The Kier molecular flexibility index (Phi) is 5.38. The molecule has 1 aromatic rings. The minimum absolute atomic E-state index is 0.0855. The van der Waals surface area contributed by atoms with Crippen molar-refractivity contribution in [3.05, 3.63) is 29.8 Å². The van der Waals surface area contributed by atoms with E-state index in [1.54, 1.807) is 13.2 Å². The predicted molar refractivity (Wildman–Crippen MR) is 79.0 cm³/mol. The van der Waals surface area contributed by atoms with E-state index in [4.69, 9.17) is 10.5 Å².